The van der Waals surface area contributed by atoms with Crippen LogP contribution in [0.1, 0.15) is 11.1 Å². The van der Waals surface area contributed by atoms with Gasteiger partial charge < -0.3 is 19.7 Å². The molecule has 1 amide bonds. The number of benzene rings is 2. The number of hydrogen-bond donors (Lipinski definition) is 2. The number of amides is 1. The lowest BCUT2D eigenvalue weighted by Crippen LogP contribution is -2.23. The molecule has 5 rings (SSSR count). The molecule has 1 unspecified atom stereocenters. The molecular weight excluding hydrogens is 401 g/mol. The zero-order valence-corrected chi connectivity index (χ0v) is 17.2. The lowest BCUT2D eigenvalue weighted by molar-refractivity contribution is -0.115. The third-order valence-corrected chi connectivity index (χ3v) is 7.82. The largest absolute Gasteiger partial charge is 0.383 e. The van der Waals surface area contributed by atoms with E-state index in [0.29, 0.717) is 32.6 Å². The summed E-state index contributed by atoms with van der Waals surface area (Å²) in [5.74, 6) is -0.000532. The van der Waals surface area contributed by atoms with Crippen LogP contribution in [0.3, 0.4) is 0 Å². The number of nitrogens with zero attached hydrogens (tertiary/aromatic N) is 1. The summed E-state index contributed by atoms with van der Waals surface area (Å²) in [5, 5.41) is 7.23. The molecule has 2 aliphatic rings. The fourth-order valence-electron chi connectivity index (χ4n) is 3.96. The SMILES string of the molecule is O=C1Cc2cc(CC(CNc3cnc4ccccc4c3)P3(=O)OCCO3)ccc2N1. The zero-order valence-electron chi connectivity index (χ0n) is 16.3. The highest BCUT2D eigenvalue weighted by atomic mass is 31.2. The molecule has 3 heterocycles. The number of aromatic nitrogens is 1. The summed E-state index contributed by atoms with van der Waals surface area (Å²) in [6, 6.07) is 15.8. The van der Waals surface area contributed by atoms with Gasteiger partial charge in [0.1, 0.15) is 0 Å². The Labute approximate surface area is 174 Å². The van der Waals surface area contributed by atoms with Crippen molar-refractivity contribution in [1.82, 2.24) is 4.98 Å². The predicted octanol–water partition coefficient (Wildman–Crippen LogP) is 3.99. The van der Waals surface area contributed by atoms with E-state index in [1.54, 1.807) is 6.20 Å². The molecule has 1 fully saturated rings. The molecular formula is C22H22N3O4P. The number of carbonyl (C=O) groups excluding carboxylic acids is 1. The molecule has 30 heavy (non-hydrogen) atoms. The van der Waals surface area contributed by atoms with Crippen molar-refractivity contribution >= 4 is 35.8 Å². The van der Waals surface area contributed by atoms with E-state index < -0.39 is 7.60 Å². The summed E-state index contributed by atoms with van der Waals surface area (Å²) in [5.41, 5.74) is 4.25. The van der Waals surface area contributed by atoms with Crippen molar-refractivity contribution < 1.29 is 18.4 Å². The maximum Gasteiger partial charge on any atom is 0.335 e. The number of hydrogen-bond acceptors (Lipinski definition) is 6. The predicted molar refractivity (Wildman–Crippen MR) is 116 cm³/mol. The first-order valence-corrected chi connectivity index (χ1v) is 11.6. The van der Waals surface area contributed by atoms with Crippen LogP contribution in [0.5, 0.6) is 0 Å². The Hall–Kier alpha value is -2.73. The van der Waals surface area contributed by atoms with E-state index in [2.05, 4.69) is 15.6 Å². The van der Waals surface area contributed by atoms with Crippen LogP contribution in [0.4, 0.5) is 11.4 Å². The van der Waals surface area contributed by atoms with Crippen molar-refractivity contribution in [2.75, 3.05) is 30.4 Å². The highest BCUT2D eigenvalue weighted by molar-refractivity contribution is 7.54. The number of nitrogens with one attached hydrogen (secondary N) is 2. The van der Waals surface area contributed by atoms with Crippen LogP contribution in [0.2, 0.25) is 0 Å². The minimum atomic E-state index is -3.23. The molecule has 8 heteroatoms. The molecule has 7 nitrogen and oxygen atoms in total. The van der Waals surface area contributed by atoms with Crippen molar-refractivity contribution in [2.24, 2.45) is 0 Å². The Bertz CT molecular complexity index is 1160. The van der Waals surface area contributed by atoms with E-state index in [9.17, 15) is 9.36 Å². The maximum atomic E-state index is 13.3. The second-order valence-corrected chi connectivity index (χ2v) is 9.90. The summed E-state index contributed by atoms with van der Waals surface area (Å²) in [6.07, 6.45) is 2.67. The van der Waals surface area contributed by atoms with E-state index in [4.69, 9.17) is 9.05 Å². The van der Waals surface area contributed by atoms with Crippen LogP contribution in [0.15, 0.2) is 54.7 Å². The summed E-state index contributed by atoms with van der Waals surface area (Å²) in [4.78, 5) is 16.1. The van der Waals surface area contributed by atoms with Gasteiger partial charge in [0.15, 0.2) is 0 Å². The van der Waals surface area contributed by atoms with E-state index in [-0.39, 0.29) is 11.6 Å². The van der Waals surface area contributed by atoms with Crippen LogP contribution >= 0.6 is 7.60 Å². The summed E-state index contributed by atoms with van der Waals surface area (Å²) >= 11 is 0. The van der Waals surface area contributed by atoms with Crippen molar-refractivity contribution in [1.29, 1.82) is 0 Å². The monoisotopic (exact) mass is 423 g/mol. The highest BCUT2D eigenvalue weighted by Gasteiger charge is 2.39. The van der Waals surface area contributed by atoms with Gasteiger partial charge in [0, 0.05) is 17.6 Å². The number of pyridine rings is 1. The minimum absolute atomic E-state index is 0.000532. The lowest BCUT2D eigenvalue weighted by Gasteiger charge is -2.23. The van der Waals surface area contributed by atoms with Gasteiger partial charge in [-0.2, -0.15) is 0 Å². The molecule has 0 radical (unpaired) electrons. The molecule has 2 N–H and O–H groups in total. The Balaban J connectivity index is 1.36. The normalized spacial score (nSPS) is 18.2. The molecule has 0 bridgehead atoms. The lowest BCUT2D eigenvalue weighted by atomic mass is 10.0. The molecule has 0 saturated carbocycles. The van der Waals surface area contributed by atoms with Gasteiger partial charge >= 0.3 is 7.60 Å². The zero-order chi connectivity index (χ0) is 20.6. The molecule has 1 aromatic heterocycles. The highest BCUT2D eigenvalue weighted by Crippen LogP contribution is 2.57. The third-order valence-electron chi connectivity index (χ3n) is 5.47. The topological polar surface area (TPSA) is 89.6 Å². The third kappa shape index (κ3) is 3.84. The average Bonchev–Trinajstić information content (AvgIpc) is 3.36. The average molecular weight is 423 g/mol. The Morgan fingerprint density at radius 1 is 1.13 bits per heavy atom. The fraction of sp³-hybridized carbons (Fsp3) is 0.273. The first-order valence-electron chi connectivity index (χ1n) is 9.98. The molecule has 2 aromatic carbocycles. The van der Waals surface area contributed by atoms with Gasteiger partial charge in [-0.15, -0.1) is 0 Å². The van der Waals surface area contributed by atoms with Gasteiger partial charge in [0.05, 0.1) is 42.7 Å². The number of carbonyl (C=O) groups is 1. The molecule has 1 saturated heterocycles. The molecule has 0 spiro atoms. The summed E-state index contributed by atoms with van der Waals surface area (Å²) in [6.45, 7) is 1.10. The van der Waals surface area contributed by atoms with E-state index >= 15 is 0 Å². The van der Waals surface area contributed by atoms with Gasteiger partial charge in [-0.1, -0.05) is 30.3 Å². The molecule has 3 aromatic rings. The molecule has 2 aliphatic heterocycles. The number of anilines is 2. The van der Waals surface area contributed by atoms with Crippen molar-refractivity contribution in [2.45, 2.75) is 18.5 Å². The first kappa shape index (κ1) is 19.2. The van der Waals surface area contributed by atoms with Crippen LogP contribution in [0.25, 0.3) is 10.9 Å². The van der Waals surface area contributed by atoms with Crippen LogP contribution in [-0.2, 0) is 31.2 Å². The summed E-state index contributed by atoms with van der Waals surface area (Å²) in [7, 11) is -3.23. The number of para-hydroxylation sites is 1. The van der Waals surface area contributed by atoms with Gasteiger partial charge in [0.25, 0.3) is 0 Å². The second kappa shape index (κ2) is 7.84. The smallest absolute Gasteiger partial charge is 0.335 e. The second-order valence-electron chi connectivity index (χ2n) is 7.58. The van der Waals surface area contributed by atoms with E-state index in [1.165, 1.54) is 0 Å². The van der Waals surface area contributed by atoms with Crippen molar-refractivity contribution in [3.63, 3.8) is 0 Å². The Morgan fingerprint density at radius 3 is 2.83 bits per heavy atom. The summed E-state index contributed by atoms with van der Waals surface area (Å²) < 4.78 is 24.4. The molecule has 0 aliphatic carbocycles. The van der Waals surface area contributed by atoms with Gasteiger partial charge in [0.2, 0.25) is 5.91 Å². The minimum Gasteiger partial charge on any atom is -0.383 e. The Morgan fingerprint density at radius 2 is 1.97 bits per heavy atom. The van der Waals surface area contributed by atoms with Crippen molar-refractivity contribution in [3.8, 4) is 0 Å². The van der Waals surface area contributed by atoms with Gasteiger partial charge in [-0.05, 0) is 35.7 Å². The van der Waals surface area contributed by atoms with E-state index in [0.717, 1.165) is 33.4 Å². The van der Waals surface area contributed by atoms with Gasteiger partial charge in [-0.3, -0.25) is 14.3 Å². The standard InChI is InChI=1S/C22H22N3O4P/c26-22-12-17-9-15(5-6-21(17)25-22)10-19(30(27)28-7-8-29-30)14-23-18-11-16-3-1-2-4-20(16)24-13-18/h1-6,9,11,13,19,23H,7-8,10,12,14H2,(H,25,26). The first-order chi connectivity index (χ1) is 14.6. The maximum absolute atomic E-state index is 13.3. The quantitative estimate of drug-likeness (QED) is 0.583. The van der Waals surface area contributed by atoms with E-state index in [1.807, 2.05) is 48.5 Å². The van der Waals surface area contributed by atoms with Gasteiger partial charge in [-0.25, -0.2) is 0 Å². The molecule has 1 atom stereocenters. The van der Waals surface area contributed by atoms with Crippen molar-refractivity contribution in [3.05, 3.63) is 65.9 Å². The number of rotatable bonds is 6. The van der Waals surface area contributed by atoms with Crippen LogP contribution < -0.4 is 10.6 Å². The number of fused-ring (bicyclic) bond motifs is 2. The van der Waals surface area contributed by atoms with Crippen LogP contribution in [0, 0.1) is 0 Å². The van der Waals surface area contributed by atoms with Crippen LogP contribution in [-0.4, -0.2) is 36.3 Å². The molecule has 154 valence electrons. The fourth-order valence-corrected chi connectivity index (χ4v) is 5.86. The Kier molecular flexibility index (Phi) is 5.03.